The van der Waals surface area contributed by atoms with Crippen molar-refractivity contribution in [3.63, 3.8) is 0 Å². The van der Waals surface area contributed by atoms with Crippen LogP contribution in [0.2, 0.25) is 0 Å². The van der Waals surface area contributed by atoms with Crippen LogP contribution < -0.4 is 0 Å². The van der Waals surface area contributed by atoms with E-state index in [1.807, 2.05) is 17.1 Å². The number of unbranched alkanes of at least 4 members (excludes halogenated alkanes) is 1. The van der Waals surface area contributed by atoms with Crippen molar-refractivity contribution in [2.24, 2.45) is 0 Å². The average molecular weight is 370 g/mol. The van der Waals surface area contributed by atoms with Gasteiger partial charge in [0, 0.05) is 51.4 Å². The zero-order chi connectivity index (χ0) is 19.2. The van der Waals surface area contributed by atoms with Gasteiger partial charge in [0.05, 0.1) is 18.0 Å². The third-order valence-corrected chi connectivity index (χ3v) is 5.09. The van der Waals surface area contributed by atoms with Crippen LogP contribution in [-0.2, 0) is 17.8 Å². The highest BCUT2D eigenvalue weighted by molar-refractivity contribution is 5.73. The maximum Gasteiger partial charge on any atom is 0.219 e. The summed E-state index contributed by atoms with van der Waals surface area (Å²) in [5.41, 5.74) is 3.52. The monoisotopic (exact) mass is 370 g/mol. The van der Waals surface area contributed by atoms with Gasteiger partial charge in [-0.2, -0.15) is 5.10 Å². The van der Waals surface area contributed by atoms with E-state index in [0.29, 0.717) is 19.6 Å². The molecule has 0 unspecified atom stereocenters. The SMILES string of the molecule is CCCCc1ccc(-n2cc(CN3CCN(C(C)=O)C[C@@H](O)C3)cn2)cc1. The maximum atomic E-state index is 11.6. The van der Waals surface area contributed by atoms with Crippen molar-refractivity contribution >= 4 is 5.91 Å². The highest BCUT2D eigenvalue weighted by atomic mass is 16.3. The van der Waals surface area contributed by atoms with E-state index < -0.39 is 6.10 Å². The van der Waals surface area contributed by atoms with E-state index in [1.165, 1.54) is 18.4 Å². The molecule has 146 valence electrons. The van der Waals surface area contributed by atoms with Crippen molar-refractivity contribution in [2.45, 2.75) is 45.8 Å². The van der Waals surface area contributed by atoms with Gasteiger partial charge in [-0.3, -0.25) is 9.69 Å². The number of benzene rings is 1. The Hall–Kier alpha value is -2.18. The topological polar surface area (TPSA) is 61.6 Å². The summed E-state index contributed by atoms with van der Waals surface area (Å²) in [7, 11) is 0. The Kier molecular flexibility index (Phi) is 6.63. The molecular weight excluding hydrogens is 340 g/mol. The van der Waals surface area contributed by atoms with Gasteiger partial charge in [0.15, 0.2) is 0 Å². The van der Waals surface area contributed by atoms with E-state index in [-0.39, 0.29) is 5.91 Å². The number of hydrogen-bond donors (Lipinski definition) is 1. The van der Waals surface area contributed by atoms with Gasteiger partial charge in [0.2, 0.25) is 5.91 Å². The standard InChI is InChI=1S/C21H30N4O2/c1-3-4-5-18-6-8-20(9-7-18)25-14-19(12-22-25)13-23-10-11-24(17(2)26)16-21(27)15-23/h6-9,12,14,21,27H,3-5,10-11,13,15-16H2,1-2H3/t21-/m0/s1. The van der Waals surface area contributed by atoms with Crippen molar-refractivity contribution in [3.05, 3.63) is 47.8 Å². The second-order valence-electron chi connectivity index (χ2n) is 7.42. The number of nitrogens with zero attached hydrogens (tertiary/aromatic N) is 4. The first-order chi connectivity index (χ1) is 13.0. The Morgan fingerprint density at radius 2 is 1.96 bits per heavy atom. The lowest BCUT2D eigenvalue weighted by molar-refractivity contribution is -0.129. The number of aliphatic hydroxyl groups is 1. The molecule has 1 fully saturated rings. The maximum absolute atomic E-state index is 11.6. The molecule has 1 amide bonds. The summed E-state index contributed by atoms with van der Waals surface area (Å²) in [5, 5.41) is 14.7. The largest absolute Gasteiger partial charge is 0.390 e. The summed E-state index contributed by atoms with van der Waals surface area (Å²) < 4.78 is 1.90. The van der Waals surface area contributed by atoms with Gasteiger partial charge >= 0.3 is 0 Å². The molecule has 1 saturated heterocycles. The minimum Gasteiger partial charge on any atom is -0.390 e. The van der Waals surface area contributed by atoms with Crippen molar-refractivity contribution < 1.29 is 9.90 Å². The average Bonchev–Trinajstić information content (AvgIpc) is 3.03. The lowest BCUT2D eigenvalue weighted by Crippen LogP contribution is -2.36. The van der Waals surface area contributed by atoms with Crippen LogP contribution in [0.3, 0.4) is 0 Å². The molecule has 1 atom stereocenters. The predicted octanol–water partition coefficient (Wildman–Crippen LogP) is 2.24. The van der Waals surface area contributed by atoms with Gasteiger partial charge in [-0.1, -0.05) is 25.5 Å². The van der Waals surface area contributed by atoms with Crippen LogP contribution in [-0.4, -0.2) is 62.9 Å². The van der Waals surface area contributed by atoms with Gasteiger partial charge < -0.3 is 10.0 Å². The molecular formula is C21H30N4O2. The minimum absolute atomic E-state index is 0.0195. The molecule has 6 nitrogen and oxygen atoms in total. The first kappa shape index (κ1) is 19.6. The van der Waals surface area contributed by atoms with Crippen LogP contribution in [0.4, 0.5) is 0 Å². The molecule has 27 heavy (non-hydrogen) atoms. The second kappa shape index (κ2) is 9.15. The summed E-state index contributed by atoms with van der Waals surface area (Å²) >= 11 is 0. The van der Waals surface area contributed by atoms with E-state index in [4.69, 9.17) is 0 Å². The smallest absolute Gasteiger partial charge is 0.219 e. The molecule has 0 aliphatic carbocycles. The third-order valence-electron chi connectivity index (χ3n) is 5.09. The highest BCUT2D eigenvalue weighted by Crippen LogP contribution is 2.14. The normalized spacial score (nSPS) is 18.5. The third kappa shape index (κ3) is 5.40. The Labute approximate surface area is 161 Å². The van der Waals surface area contributed by atoms with Crippen LogP contribution in [0.15, 0.2) is 36.7 Å². The Balaban J connectivity index is 1.61. The zero-order valence-electron chi connectivity index (χ0n) is 16.3. The van der Waals surface area contributed by atoms with Crippen molar-refractivity contribution in [3.8, 4) is 5.69 Å². The number of rotatable bonds is 6. The zero-order valence-corrected chi connectivity index (χ0v) is 16.3. The first-order valence-electron chi connectivity index (χ1n) is 9.84. The number of amides is 1. The summed E-state index contributed by atoms with van der Waals surface area (Å²) in [5.74, 6) is 0.0195. The van der Waals surface area contributed by atoms with Crippen molar-refractivity contribution in [2.75, 3.05) is 26.2 Å². The van der Waals surface area contributed by atoms with E-state index in [1.54, 1.807) is 11.8 Å². The molecule has 2 aromatic rings. The molecule has 1 aromatic carbocycles. The number of carbonyl (C=O) groups is 1. The fourth-order valence-electron chi connectivity index (χ4n) is 3.52. The molecule has 1 N–H and O–H groups in total. The molecule has 0 radical (unpaired) electrons. The Morgan fingerprint density at radius 1 is 1.19 bits per heavy atom. The summed E-state index contributed by atoms with van der Waals surface area (Å²) in [6, 6.07) is 8.58. The number of hydrogen-bond acceptors (Lipinski definition) is 4. The molecule has 0 spiro atoms. The predicted molar refractivity (Wildman–Crippen MR) is 106 cm³/mol. The highest BCUT2D eigenvalue weighted by Gasteiger charge is 2.22. The molecule has 1 aliphatic heterocycles. The van der Waals surface area contributed by atoms with Gasteiger partial charge in [-0.05, 0) is 30.5 Å². The van der Waals surface area contributed by atoms with Gasteiger partial charge in [0.1, 0.15) is 0 Å². The summed E-state index contributed by atoms with van der Waals surface area (Å²) in [4.78, 5) is 15.5. The number of β-amino-alcohol motifs (C(OH)–C–C–N with tert-alkyl or cyclic N) is 1. The number of aromatic nitrogens is 2. The molecule has 6 heteroatoms. The summed E-state index contributed by atoms with van der Waals surface area (Å²) in [6.45, 7) is 6.88. The molecule has 1 aliphatic rings. The van der Waals surface area contributed by atoms with E-state index in [0.717, 1.165) is 30.8 Å². The molecule has 3 rings (SSSR count). The lowest BCUT2D eigenvalue weighted by atomic mass is 10.1. The lowest BCUT2D eigenvalue weighted by Gasteiger charge is -2.20. The van der Waals surface area contributed by atoms with Crippen LogP contribution in [0, 0.1) is 0 Å². The van der Waals surface area contributed by atoms with Crippen molar-refractivity contribution in [1.29, 1.82) is 0 Å². The van der Waals surface area contributed by atoms with Crippen molar-refractivity contribution in [1.82, 2.24) is 19.6 Å². The number of aliphatic hydroxyl groups excluding tert-OH is 1. The number of carbonyl (C=O) groups excluding carboxylic acids is 1. The van der Waals surface area contributed by atoms with E-state index in [9.17, 15) is 9.90 Å². The van der Waals surface area contributed by atoms with Gasteiger partial charge in [-0.15, -0.1) is 0 Å². The Bertz CT molecular complexity index is 741. The quantitative estimate of drug-likeness (QED) is 0.847. The van der Waals surface area contributed by atoms with Crippen LogP contribution in [0.5, 0.6) is 0 Å². The molecule has 2 heterocycles. The Morgan fingerprint density at radius 3 is 2.67 bits per heavy atom. The molecule has 0 saturated carbocycles. The fourth-order valence-corrected chi connectivity index (χ4v) is 3.52. The van der Waals surface area contributed by atoms with Gasteiger partial charge in [-0.25, -0.2) is 4.68 Å². The van der Waals surface area contributed by atoms with Gasteiger partial charge in [0.25, 0.3) is 0 Å². The minimum atomic E-state index is -0.512. The van der Waals surface area contributed by atoms with E-state index >= 15 is 0 Å². The van der Waals surface area contributed by atoms with Crippen LogP contribution in [0.1, 0.15) is 37.8 Å². The molecule has 1 aromatic heterocycles. The van der Waals surface area contributed by atoms with Crippen LogP contribution >= 0.6 is 0 Å². The second-order valence-corrected chi connectivity index (χ2v) is 7.42. The van der Waals surface area contributed by atoms with Crippen LogP contribution in [0.25, 0.3) is 5.69 Å². The number of aryl methyl sites for hydroxylation is 1. The first-order valence-corrected chi connectivity index (χ1v) is 9.84. The van der Waals surface area contributed by atoms with E-state index in [2.05, 4.69) is 41.2 Å². The molecule has 0 bridgehead atoms. The summed E-state index contributed by atoms with van der Waals surface area (Å²) in [6.07, 6.45) is 6.96. The fraction of sp³-hybridized carbons (Fsp3) is 0.524.